The number of alkyl halides is 3. The van der Waals surface area contributed by atoms with Crippen LogP contribution in [0.15, 0.2) is 72.8 Å². The Bertz CT molecular complexity index is 1410. The van der Waals surface area contributed by atoms with Crippen molar-refractivity contribution in [1.82, 2.24) is 4.90 Å². The fourth-order valence-electron chi connectivity index (χ4n) is 3.97. The first kappa shape index (κ1) is 30.9. The van der Waals surface area contributed by atoms with E-state index in [-0.39, 0.29) is 30.9 Å². The number of amides is 2. The minimum Gasteiger partial charge on any atom is -0.465 e. The molecule has 3 rings (SSSR count). The van der Waals surface area contributed by atoms with Crippen LogP contribution in [0.3, 0.4) is 0 Å². The Morgan fingerprint density at radius 3 is 2.17 bits per heavy atom. The third kappa shape index (κ3) is 8.17. The second-order valence-electron chi connectivity index (χ2n) is 9.15. The molecule has 41 heavy (non-hydrogen) atoms. The fourth-order valence-corrected chi connectivity index (χ4v) is 3.97. The molecule has 0 aliphatic heterocycles. The average Bonchev–Trinajstić information content (AvgIpc) is 2.93. The van der Waals surface area contributed by atoms with Crippen LogP contribution < -0.4 is 5.32 Å². The molecule has 1 unspecified atom stereocenters. The predicted molar refractivity (Wildman–Crippen MR) is 144 cm³/mol. The number of nitrogens with zero attached hydrogens (tertiary/aromatic N) is 1. The van der Waals surface area contributed by atoms with Gasteiger partial charge >= 0.3 is 18.1 Å². The van der Waals surface area contributed by atoms with Crippen molar-refractivity contribution < 1.29 is 41.8 Å². The van der Waals surface area contributed by atoms with Crippen LogP contribution in [0.4, 0.5) is 18.9 Å². The smallest absolute Gasteiger partial charge is 0.417 e. The Balaban J connectivity index is 1.80. The lowest BCUT2D eigenvalue weighted by Gasteiger charge is -2.18. The summed E-state index contributed by atoms with van der Waals surface area (Å²) in [6.45, 7) is 1.56. The van der Waals surface area contributed by atoms with Crippen LogP contribution in [0.1, 0.15) is 50.2 Å². The number of nitrogens with one attached hydrogen (secondary N) is 1. The summed E-state index contributed by atoms with van der Waals surface area (Å²) in [6.07, 6.45) is -5.03. The average molecular weight is 571 g/mol. The SMILES string of the molecule is CCOC(=O)C(COC(=O)Cc1ccc(NC(=O)c2ccccc2C(F)(F)F)c(C(=O)N(C)C)c1)c1ccccc1. The Kier molecular flexibility index (Phi) is 10.2. The van der Waals surface area contributed by atoms with Gasteiger partial charge in [0.1, 0.15) is 12.5 Å². The van der Waals surface area contributed by atoms with Crippen LogP contribution in [0, 0.1) is 0 Å². The quantitative estimate of drug-likeness (QED) is 0.341. The summed E-state index contributed by atoms with van der Waals surface area (Å²) in [6, 6.07) is 17.1. The molecule has 0 saturated heterocycles. The van der Waals surface area contributed by atoms with Gasteiger partial charge in [-0.1, -0.05) is 48.5 Å². The number of ether oxygens (including phenoxy) is 2. The van der Waals surface area contributed by atoms with Gasteiger partial charge in [0.05, 0.1) is 35.4 Å². The number of anilines is 1. The van der Waals surface area contributed by atoms with E-state index in [1.54, 1.807) is 37.3 Å². The Morgan fingerprint density at radius 2 is 1.54 bits per heavy atom. The summed E-state index contributed by atoms with van der Waals surface area (Å²) in [5.74, 6) is -3.66. The normalized spacial score (nSPS) is 11.8. The predicted octanol–water partition coefficient (Wildman–Crippen LogP) is 5.09. The van der Waals surface area contributed by atoms with Gasteiger partial charge in [0, 0.05) is 14.1 Å². The highest BCUT2D eigenvalue weighted by Crippen LogP contribution is 2.32. The highest BCUT2D eigenvalue weighted by atomic mass is 19.4. The van der Waals surface area contributed by atoms with E-state index < -0.39 is 47.0 Å². The maximum Gasteiger partial charge on any atom is 0.417 e. The molecule has 3 aromatic rings. The molecular formula is C30H29F3N2O6. The maximum absolute atomic E-state index is 13.4. The van der Waals surface area contributed by atoms with Crippen molar-refractivity contribution in [2.45, 2.75) is 25.4 Å². The highest BCUT2D eigenvalue weighted by Gasteiger charge is 2.35. The lowest BCUT2D eigenvalue weighted by atomic mass is 10.0. The number of benzene rings is 3. The Morgan fingerprint density at radius 1 is 0.878 bits per heavy atom. The van der Waals surface area contributed by atoms with Crippen LogP contribution in [-0.4, -0.2) is 56.0 Å². The van der Waals surface area contributed by atoms with Crippen molar-refractivity contribution in [1.29, 1.82) is 0 Å². The van der Waals surface area contributed by atoms with E-state index in [2.05, 4.69) is 5.32 Å². The van der Waals surface area contributed by atoms with Gasteiger partial charge in [0.15, 0.2) is 0 Å². The fraction of sp³-hybridized carbons (Fsp3) is 0.267. The molecule has 0 aliphatic rings. The zero-order valence-corrected chi connectivity index (χ0v) is 22.7. The van der Waals surface area contributed by atoms with Crippen LogP contribution in [0.25, 0.3) is 0 Å². The zero-order chi connectivity index (χ0) is 30.2. The number of carbonyl (C=O) groups excluding carboxylic acids is 4. The molecule has 216 valence electrons. The standard InChI is InChI=1S/C30H29F3N2O6/c1-4-40-29(39)23(20-10-6-5-7-11-20)18-41-26(36)17-19-14-15-25(22(16-19)28(38)35(2)3)34-27(37)21-12-8-9-13-24(21)30(31,32)33/h5-16,23H,4,17-18H2,1-3H3,(H,34,37). The third-order valence-electron chi connectivity index (χ3n) is 5.98. The number of esters is 2. The molecule has 1 atom stereocenters. The largest absolute Gasteiger partial charge is 0.465 e. The number of halogens is 3. The Hall–Kier alpha value is -4.67. The van der Waals surface area contributed by atoms with Gasteiger partial charge in [-0.3, -0.25) is 19.2 Å². The molecule has 0 fully saturated rings. The second kappa shape index (κ2) is 13.6. The van der Waals surface area contributed by atoms with Gasteiger partial charge < -0.3 is 19.7 Å². The van der Waals surface area contributed by atoms with Gasteiger partial charge in [-0.15, -0.1) is 0 Å². The van der Waals surface area contributed by atoms with E-state index in [0.717, 1.165) is 12.1 Å². The van der Waals surface area contributed by atoms with E-state index in [0.29, 0.717) is 11.1 Å². The molecule has 0 radical (unpaired) electrons. The van der Waals surface area contributed by atoms with E-state index in [4.69, 9.17) is 9.47 Å². The first-order valence-corrected chi connectivity index (χ1v) is 12.6. The van der Waals surface area contributed by atoms with Crippen molar-refractivity contribution in [3.05, 3.63) is 101 Å². The molecule has 2 amide bonds. The Labute approximate surface area is 235 Å². The van der Waals surface area contributed by atoms with Gasteiger partial charge in [-0.2, -0.15) is 13.2 Å². The van der Waals surface area contributed by atoms with Crippen LogP contribution in [-0.2, 0) is 31.7 Å². The molecular weight excluding hydrogens is 541 g/mol. The van der Waals surface area contributed by atoms with Crippen molar-refractivity contribution in [2.24, 2.45) is 0 Å². The minimum atomic E-state index is -4.76. The van der Waals surface area contributed by atoms with Crippen molar-refractivity contribution >= 4 is 29.4 Å². The summed E-state index contributed by atoms with van der Waals surface area (Å²) < 4.78 is 50.7. The van der Waals surface area contributed by atoms with Gasteiger partial charge in [-0.05, 0) is 42.3 Å². The second-order valence-corrected chi connectivity index (χ2v) is 9.15. The molecule has 8 nitrogen and oxygen atoms in total. The van der Waals surface area contributed by atoms with Crippen LogP contribution in [0.5, 0.6) is 0 Å². The molecule has 0 heterocycles. The molecule has 0 bridgehead atoms. The molecule has 3 aromatic carbocycles. The minimum absolute atomic E-state index is 0.0331. The lowest BCUT2D eigenvalue weighted by molar-refractivity contribution is -0.150. The summed E-state index contributed by atoms with van der Waals surface area (Å²) in [5.41, 5.74) is -0.827. The van der Waals surface area contributed by atoms with Crippen molar-refractivity contribution in [3.63, 3.8) is 0 Å². The topological polar surface area (TPSA) is 102 Å². The van der Waals surface area contributed by atoms with Gasteiger partial charge in [-0.25, -0.2) is 0 Å². The van der Waals surface area contributed by atoms with Crippen molar-refractivity contribution in [3.8, 4) is 0 Å². The summed E-state index contributed by atoms with van der Waals surface area (Å²) in [5, 5.41) is 2.38. The lowest BCUT2D eigenvalue weighted by Crippen LogP contribution is -2.25. The molecule has 0 aromatic heterocycles. The maximum atomic E-state index is 13.4. The van der Waals surface area contributed by atoms with Crippen LogP contribution >= 0.6 is 0 Å². The van der Waals surface area contributed by atoms with E-state index in [9.17, 15) is 32.3 Å². The number of rotatable bonds is 10. The zero-order valence-electron chi connectivity index (χ0n) is 22.7. The highest BCUT2D eigenvalue weighted by molar-refractivity contribution is 6.09. The molecule has 1 N–H and O–H groups in total. The van der Waals surface area contributed by atoms with Crippen LogP contribution in [0.2, 0.25) is 0 Å². The van der Waals surface area contributed by atoms with Gasteiger partial charge in [0.25, 0.3) is 11.8 Å². The molecule has 0 aliphatic carbocycles. The number of hydrogen-bond donors (Lipinski definition) is 1. The summed E-state index contributed by atoms with van der Waals surface area (Å²) in [7, 11) is 2.93. The summed E-state index contributed by atoms with van der Waals surface area (Å²) >= 11 is 0. The first-order valence-electron chi connectivity index (χ1n) is 12.6. The van der Waals surface area contributed by atoms with Gasteiger partial charge in [0.2, 0.25) is 0 Å². The van der Waals surface area contributed by atoms with E-state index in [1.165, 1.54) is 49.3 Å². The molecule has 0 saturated carbocycles. The number of hydrogen-bond acceptors (Lipinski definition) is 6. The third-order valence-corrected chi connectivity index (χ3v) is 5.98. The van der Waals surface area contributed by atoms with E-state index >= 15 is 0 Å². The molecule has 0 spiro atoms. The first-order chi connectivity index (χ1) is 19.4. The van der Waals surface area contributed by atoms with Crippen molar-refractivity contribution in [2.75, 3.05) is 32.6 Å². The van der Waals surface area contributed by atoms with E-state index in [1.807, 2.05) is 0 Å². The molecule has 11 heteroatoms. The summed E-state index contributed by atoms with van der Waals surface area (Å²) in [4.78, 5) is 52.0. The monoisotopic (exact) mass is 570 g/mol. The number of carbonyl (C=O) groups is 4.